The third-order valence-corrected chi connectivity index (χ3v) is 5.51. The van der Waals surface area contributed by atoms with Gasteiger partial charge in [0, 0.05) is 17.7 Å². The first-order valence-corrected chi connectivity index (χ1v) is 8.45. The molecule has 1 heterocycles. The van der Waals surface area contributed by atoms with Crippen LogP contribution in [0, 0.1) is 0 Å². The van der Waals surface area contributed by atoms with Crippen LogP contribution in [-0.2, 0) is 16.1 Å². The average molecular weight is 329 g/mol. The van der Waals surface area contributed by atoms with E-state index in [0.717, 1.165) is 16.9 Å². The third kappa shape index (κ3) is 3.21. The van der Waals surface area contributed by atoms with Gasteiger partial charge in [-0.25, -0.2) is 0 Å². The van der Waals surface area contributed by atoms with Gasteiger partial charge in [0.2, 0.25) is 0 Å². The fourth-order valence-electron chi connectivity index (χ4n) is 2.94. The number of nitrogens with one attached hydrogen (secondary N) is 1. The van der Waals surface area contributed by atoms with Gasteiger partial charge in [-0.3, -0.25) is 10.1 Å². The van der Waals surface area contributed by atoms with Gasteiger partial charge in [-0.15, -0.1) is 11.8 Å². The number of benzene rings is 2. The van der Waals surface area contributed by atoms with E-state index in [1.54, 1.807) is 18.9 Å². The van der Waals surface area contributed by atoms with Crippen LogP contribution in [0.15, 0.2) is 54.6 Å². The Morgan fingerprint density at radius 3 is 2.61 bits per heavy atom. The van der Waals surface area contributed by atoms with Crippen LogP contribution in [0.25, 0.3) is 0 Å². The molecule has 0 bridgehead atoms. The second-order valence-corrected chi connectivity index (χ2v) is 6.85. The van der Waals surface area contributed by atoms with E-state index in [-0.39, 0.29) is 0 Å². The van der Waals surface area contributed by atoms with Crippen molar-refractivity contribution in [1.82, 2.24) is 5.32 Å². The molecule has 3 rings (SSSR count). The summed E-state index contributed by atoms with van der Waals surface area (Å²) in [5.74, 6) is 0.483. The molecule has 0 radical (unpaired) electrons. The summed E-state index contributed by atoms with van der Waals surface area (Å²) in [4.78, 5) is 10.9. The van der Waals surface area contributed by atoms with Gasteiger partial charge in [0.25, 0.3) is 0 Å². The van der Waals surface area contributed by atoms with Gasteiger partial charge >= 0.3 is 5.97 Å². The summed E-state index contributed by atoms with van der Waals surface area (Å²) in [7, 11) is 1.64. The minimum atomic E-state index is -0.817. The van der Waals surface area contributed by atoms with Gasteiger partial charge in [-0.1, -0.05) is 48.5 Å². The highest BCUT2D eigenvalue weighted by Crippen LogP contribution is 2.45. The van der Waals surface area contributed by atoms with Crippen LogP contribution in [0.3, 0.4) is 0 Å². The van der Waals surface area contributed by atoms with E-state index in [1.807, 2.05) is 42.5 Å². The molecule has 0 aromatic heterocycles. The molecule has 4 nitrogen and oxygen atoms in total. The Morgan fingerprint density at radius 1 is 1.26 bits per heavy atom. The van der Waals surface area contributed by atoms with E-state index in [0.29, 0.717) is 12.2 Å². The van der Waals surface area contributed by atoms with Crippen molar-refractivity contribution < 1.29 is 14.6 Å². The fraction of sp³-hybridized carbons (Fsp3) is 0.278. The molecule has 1 aliphatic heterocycles. The number of para-hydroxylation sites is 1. The van der Waals surface area contributed by atoms with Crippen LogP contribution in [0.1, 0.15) is 11.1 Å². The van der Waals surface area contributed by atoms with Crippen LogP contribution < -0.4 is 10.1 Å². The van der Waals surface area contributed by atoms with E-state index in [9.17, 15) is 9.90 Å². The van der Waals surface area contributed by atoms with Crippen molar-refractivity contribution in [3.63, 3.8) is 0 Å². The van der Waals surface area contributed by atoms with Crippen LogP contribution in [0.2, 0.25) is 0 Å². The van der Waals surface area contributed by atoms with Crippen LogP contribution in [0.5, 0.6) is 5.75 Å². The first-order valence-electron chi connectivity index (χ1n) is 7.46. The Hall–Kier alpha value is -1.98. The van der Waals surface area contributed by atoms with Gasteiger partial charge in [0.15, 0.2) is 0 Å². The minimum Gasteiger partial charge on any atom is -0.496 e. The second-order valence-electron chi connectivity index (χ2n) is 5.54. The number of hydrogen-bond donors (Lipinski definition) is 2. The topological polar surface area (TPSA) is 58.6 Å². The molecular weight excluding hydrogens is 310 g/mol. The molecule has 2 aromatic rings. The molecule has 5 heteroatoms. The molecule has 0 aliphatic carbocycles. The Kier molecular flexibility index (Phi) is 4.59. The Morgan fingerprint density at radius 2 is 1.96 bits per heavy atom. The summed E-state index contributed by atoms with van der Waals surface area (Å²) >= 11 is 1.63. The summed E-state index contributed by atoms with van der Waals surface area (Å²) in [5, 5.41) is 12.7. The number of carboxylic acid groups (broad SMARTS) is 1. The van der Waals surface area contributed by atoms with E-state index in [2.05, 4.69) is 17.4 Å². The lowest BCUT2D eigenvalue weighted by molar-refractivity contribution is -0.138. The molecule has 2 N–H and O–H groups in total. The standard InChI is InChI=1S/C18H19NO3S/c1-22-16-10-6-5-9-14(16)18(11-13-7-3-2-4-8-13)19-15(12-23-18)17(20)21/h2-10,15,19H,11-12H2,1H3,(H,20,21)/t15-,18?/m0/s1. The predicted molar refractivity (Wildman–Crippen MR) is 91.8 cm³/mol. The van der Waals surface area contributed by atoms with E-state index < -0.39 is 16.9 Å². The summed E-state index contributed by atoms with van der Waals surface area (Å²) in [6.45, 7) is 0. The number of ether oxygens (including phenoxy) is 1. The molecule has 0 saturated carbocycles. The van der Waals surface area contributed by atoms with Crippen molar-refractivity contribution in [3.8, 4) is 5.75 Å². The highest BCUT2D eigenvalue weighted by atomic mass is 32.2. The lowest BCUT2D eigenvalue weighted by Crippen LogP contribution is -2.44. The normalized spacial score (nSPS) is 23.6. The second kappa shape index (κ2) is 6.64. The van der Waals surface area contributed by atoms with Crippen LogP contribution in [0.4, 0.5) is 0 Å². The molecule has 1 saturated heterocycles. The maximum absolute atomic E-state index is 11.4. The van der Waals surface area contributed by atoms with Gasteiger partial charge in [0.1, 0.15) is 11.8 Å². The average Bonchev–Trinajstić information content (AvgIpc) is 3.01. The van der Waals surface area contributed by atoms with E-state index in [4.69, 9.17) is 4.74 Å². The fourth-order valence-corrected chi connectivity index (χ4v) is 4.43. The maximum Gasteiger partial charge on any atom is 0.321 e. The molecule has 2 aromatic carbocycles. The zero-order valence-electron chi connectivity index (χ0n) is 12.9. The van der Waals surface area contributed by atoms with Crippen molar-refractivity contribution in [1.29, 1.82) is 0 Å². The zero-order chi connectivity index (χ0) is 16.3. The lowest BCUT2D eigenvalue weighted by Gasteiger charge is -2.31. The number of aliphatic carboxylic acids is 1. The number of carboxylic acids is 1. The van der Waals surface area contributed by atoms with Crippen molar-refractivity contribution >= 4 is 17.7 Å². The van der Waals surface area contributed by atoms with Crippen molar-refractivity contribution in [2.45, 2.75) is 17.3 Å². The Balaban J connectivity index is 2.02. The van der Waals surface area contributed by atoms with Gasteiger partial charge in [-0.05, 0) is 11.6 Å². The van der Waals surface area contributed by atoms with Crippen LogP contribution >= 0.6 is 11.8 Å². The van der Waals surface area contributed by atoms with Gasteiger partial charge in [0.05, 0.1) is 12.0 Å². The number of carbonyl (C=O) groups is 1. The van der Waals surface area contributed by atoms with Crippen molar-refractivity contribution in [2.75, 3.05) is 12.9 Å². The number of methoxy groups -OCH3 is 1. The number of thioether (sulfide) groups is 1. The summed E-state index contributed by atoms with van der Waals surface area (Å²) in [6, 6.07) is 17.3. The largest absolute Gasteiger partial charge is 0.496 e. The molecular formula is C18H19NO3S. The third-order valence-electron chi connectivity index (χ3n) is 4.04. The number of rotatable bonds is 5. The SMILES string of the molecule is COc1ccccc1C1(Cc2ccccc2)N[C@H](C(=O)O)CS1. The first kappa shape index (κ1) is 15.9. The van der Waals surface area contributed by atoms with Gasteiger partial charge in [-0.2, -0.15) is 0 Å². The Labute approximate surface area is 139 Å². The lowest BCUT2D eigenvalue weighted by atomic mass is 9.96. The highest BCUT2D eigenvalue weighted by Gasteiger charge is 2.44. The molecule has 0 spiro atoms. The highest BCUT2D eigenvalue weighted by molar-refractivity contribution is 8.00. The Bertz CT molecular complexity index is 692. The molecule has 0 amide bonds. The van der Waals surface area contributed by atoms with Crippen molar-refractivity contribution in [3.05, 3.63) is 65.7 Å². The van der Waals surface area contributed by atoms with E-state index in [1.165, 1.54) is 0 Å². The van der Waals surface area contributed by atoms with Crippen molar-refractivity contribution in [2.24, 2.45) is 0 Å². The van der Waals surface area contributed by atoms with Crippen LogP contribution in [-0.4, -0.2) is 30.0 Å². The quantitative estimate of drug-likeness (QED) is 0.883. The summed E-state index contributed by atoms with van der Waals surface area (Å²) in [5.41, 5.74) is 2.14. The predicted octanol–water partition coefficient (Wildman–Crippen LogP) is 2.88. The van der Waals surface area contributed by atoms with E-state index >= 15 is 0 Å². The smallest absolute Gasteiger partial charge is 0.321 e. The molecule has 1 fully saturated rings. The minimum absolute atomic E-state index is 0.503. The molecule has 1 unspecified atom stereocenters. The maximum atomic E-state index is 11.4. The molecule has 2 atom stereocenters. The molecule has 1 aliphatic rings. The molecule has 23 heavy (non-hydrogen) atoms. The zero-order valence-corrected chi connectivity index (χ0v) is 13.7. The summed E-state index contributed by atoms with van der Waals surface area (Å²) in [6.07, 6.45) is 0.697. The monoisotopic (exact) mass is 329 g/mol. The first-order chi connectivity index (χ1) is 11.1. The van der Waals surface area contributed by atoms with Gasteiger partial charge < -0.3 is 9.84 Å². The number of hydrogen-bond acceptors (Lipinski definition) is 4. The summed E-state index contributed by atoms with van der Waals surface area (Å²) < 4.78 is 5.52. The molecule has 120 valence electrons.